The molecule has 1 rings (SSSR count). The predicted molar refractivity (Wildman–Crippen MR) is 37.1 cm³/mol. The molecule has 1 N–H and O–H groups in total. The molecule has 0 amide bonds. The van der Waals surface area contributed by atoms with E-state index >= 15 is 0 Å². The lowest BCUT2D eigenvalue weighted by Gasteiger charge is -2.10. The molecule has 6 heteroatoms. The second kappa shape index (κ2) is 3.51. The highest BCUT2D eigenvalue weighted by Crippen LogP contribution is 2.19. The molecule has 0 aliphatic carbocycles. The van der Waals surface area contributed by atoms with Gasteiger partial charge in [0.1, 0.15) is 0 Å². The molecule has 1 heterocycles. The van der Waals surface area contributed by atoms with Crippen LogP contribution < -0.4 is 5.32 Å². The summed E-state index contributed by atoms with van der Waals surface area (Å²) in [6, 6.07) is 0. The maximum absolute atomic E-state index is 11.6. The number of dihydropyridines is 1. The molecule has 72 valence electrons. The second-order valence-corrected chi connectivity index (χ2v) is 2.28. The minimum absolute atomic E-state index is 0.0557. The summed E-state index contributed by atoms with van der Waals surface area (Å²) in [4.78, 5) is 10.7. The van der Waals surface area contributed by atoms with Crippen molar-refractivity contribution in [1.82, 2.24) is 5.32 Å². The first kappa shape index (κ1) is 9.63. The van der Waals surface area contributed by atoms with E-state index in [1.54, 1.807) is 0 Å². The molecule has 0 unspecified atom stereocenters. The summed E-state index contributed by atoms with van der Waals surface area (Å²) in [5.41, 5.74) is -0.0557. The summed E-state index contributed by atoms with van der Waals surface area (Å²) < 4.78 is 37.9. The molecule has 0 fully saturated rings. The average molecular weight is 193 g/mol. The first-order chi connectivity index (χ1) is 5.99. The van der Waals surface area contributed by atoms with Gasteiger partial charge < -0.3 is 10.1 Å². The van der Waals surface area contributed by atoms with Crippen LogP contribution in [-0.2, 0) is 9.53 Å². The minimum atomic E-state index is -4.92. The van der Waals surface area contributed by atoms with E-state index in [1.807, 2.05) is 0 Å². The summed E-state index contributed by atoms with van der Waals surface area (Å²) in [5.74, 6) is -1.37. The molecule has 1 aliphatic rings. The molecule has 0 atom stereocenters. The molecule has 0 bridgehead atoms. The number of nitrogens with one attached hydrogen (secondary N) is 1. The maximum Gasteiger partial charge on any atom is 0.575 e. The Bertz CT molecular complexity index is 267. The van der Waals surface area contributed by atoms with Crippen molar-refractivity contribution < 1.29 is 22.7 Å². The molecule has 0 aromatic rings. The van der Waals surface area contributed by atoms with Gasteiger partial charge in [-0.25, -0.2) is 4.79 Å². The Hall–Kier alpha value is -1.46. The summed E-state index contributed by atoms with van der Waals surface area (Å²) >= 11 is 0. The summed E-state index contributed by atoms with van der Waals surface area (Å²) in [6.07, 6.45) is -0.563. The number of carbonyl (C=O) groups excluding carboxylic acids is 1. The summed E-state index contributed by atoms with van der Waals surface area (Å²) in [5, 5.41) is 2.49. The smallest absolute Gasteiger partial charge is 0.369 e. The Morgan fingerprint density at radius 3 is 2.69 bits per heavy atom. The molecular weight excluding hydrogens is 187 g/mol. The van der Waals surface area contributed by atoms with Crippen LogP contribution >= 0.6 is 0 Å². The highest BCUT2D eigenvalue weighted by Gasteiger charge is 2.34. The van der Waals surface area contributed by atoms with Gasteiger partial charge in [0.15, 0.2) is 0 Å². The van der Waals surface area contributed by atoms with Crippen molar-refractivity contribution >= 4 is 5.97 Å². The van der Waals surface area contributed by atoms with Crippen LogP contribution in [0.5, 0.6) is 0 Å². The van der Waals surface area contributed by atoms with E-state index < -0.39 is 12.3 Å². The van der Waals surface area contributed by atoms with Gasteiger partial charge in [-0.2, -0.15) is 0 Å². The van der Waals surface area contributed by atoms with Crippen molar-refractivity contribution in [2.45, 2.75) is 12.8 Å². The summed E-state index contributed by atoms with van der Waals surface area (Å²) in [6.45, 7) is 0. The number of hydrogen-bond acceptors (Lipinski definition) is 3. The molecule has 3 nitrogen and oxygen atoms in total. The minimum Gasteiger partial charge on any atom is -0.369 e. The third kappa shape index (κ3) is 3.18. The molecule has 13 heavy (non-hydrogen) atoms. The monoisotopic (exact) mass is 193 g/mol. The molecule has 0 radical (unpaired) electrons. The molecule has 1 aliphatic heterocycles. The van der Waals surface area contributed by atoms with Gasteiger partial charge in [0, 0.05) is 12.6 Å². The lowest BCUT2D eigenvalue weighted by Crippen LogP contribution is -2.22. The molecule has 0 spiro atoms. The number of rotatable bonds is 1. The topological polar surface area (TPSA) is 38.3 Å². The Morgan fingerprint density at radius 2 is 2.23 bits per heavy atom. The average Bonchev–Trinajstić information content (AvgIpc) is 2.03. The highest BCUT2D eigenvalue weighted by atomic mass is 19.4. The standard InChI is InChI=1S/C7H6F3NO2/c8-7(9,10)13-6(12)5-2-1-3-11-4-5/h1,3-4,11H,2H2. The lowest BCUT2D eigenvalue weighted by atomic mass is 10.2. The van der Waals surface area contributed by atoms with Crippen LogP contribution in [0.1, 0.15) is 6.42 Å². The zero-order valence-electron chi connectivity index (χ0n) is 6.39. The van der Waals surface area contributed by atoms with E-state index in [0.29, 0.717) is 0 Å². The van der Waals surface area contributed by atoms with Gasteiger partial charge in [-0.1, -0.05) is 6.08 Å². The largest absolute Gasteiger partial charge is 0.575 e. The van der Waals surface area contributed by atoms with Gasteiger partial charge in [-0.15, -0.1) is 13.2 Å². The van der Waals surface area contributed by atoms with Crippen LogP contribution in [0.25, 0.3) is 0 Å². The Balaban J connectivity index is 2.53. The number of halogens is 3. The molecule has 0 saturated carbocycles. The van der Waals surface area contributed by atoms with Gasteiger partial charge in [0.05, 0.1) is 5.57 Å². The number of hydrogen-bond donors (Lipinski definition) is 1. The van der Waals surface area contributed by atoms with E-state index in [9.17, 15) is 18.0 Å². The Morgan fingerprint density at radius 1 is 1.54 bits per heavy atom. The first-order valence-electron chi connectivity index (χ1n) is 3.39. The van der Waals surface area contributed by atoms with Crippen molar-refractivity contribution in [1.29, 1.82) is 0 Å². The number of allylic oxidation sites excluding steroid dienone is 1. The van der Waals surface area contributed by atoms with Gasteiger partial charge in [0.25, 0.3) is 0 Å². The Kier molecular flexibility index (Phi) is 2.60. The van der Waals surface area contributed by atoms with Crippen LogP contribution in [-0.4, -0.2) is 12.3 Å². The number of alkyl halides is 3. The van der Waals surface area contributed by atoms with E-state index in [1.165, 1.54) is 18.5 Å². The van der Waals surface area contributed by atoms with Crippen LogP contribution in [0, 0.1) is 0 Å². The van der Waals surface area contributed by atoms with Crippen molar-refractivity contribution in [3.63, 3.8) is 0 Å². The van der Waals surface area contributed by atoms with Gasteiger partial charge in [-0.05, 0) is 6.20 Å². The third-order valence-corrected chi connectivity index (χ3v) is 1.28. The van der Waals surface area contributed by atoms with E-state index in [0.717, 1.165) is 0 Å². The van der Waals surface area contributed by atoms with Crippen molar-refractivity contribution in [3.05, 3.63) is 24.0 Å². The van der Waals surface area contributed by atoms with Crippen LogP contribution in [0.4, 0.5) is 13.2 Å². The molecule has 0 saturated heterocycles. The SMILES string of the molecule is O=C(OC(F)(F)F)C1=CNC=CC1. The Labute approximate surface area is 71.9 Å². The predicted octanol–water partition coefficient (Wildman–Crippen LogP) is 1.44. The zero-order valence-corrected chi connectivity index (χ0v) is 6.39. The highest BCUT2D eigenvalue weighted by molar-refractivity contribution is 5.89. The van der Waals surface area contributed by atoms with Crippen molar-refractivity contribution in [3.8, 4) is 0 Å². The third-order valence-electron chi connectivity index (χ3n) is 1.28. The van der Waals surface area contributed by atoms with Crippen molar-refractivity contribution in [2.75, 3.05) is 0 Å². The fourth-order valence-electron chi connectivity index (χ4n) is 0.774. The quantitative estimate of drug-likeness (QED) is 0.640. The normalized spacial score (nSPS) is 16.1. The van der Waals surface area contributed by atoms with Crippen LogP contribution in [0.15, 0.2) is 24.0 Å². The van der Waals surface area contributed by atoms with Crippen LogP contribution in [0.2, 0.25) is 0 Å². The van der Waals surface area contributed by atoms with E-state index in [-0.39, 0.29) is 12.0 Å². The first-order valence-corrected chi connectivity index (χ1v) is 3.39. The molecule has 0 aromatic carbocycles. The van der Waals surface area contributed by atoms with Crippen molar-refractivity contribution in [2.24, 2.45) is 0 Å². The summed E-state index contributed by atoms with van der Waals surface area (Å²) in [7, 11) is 0. The molecular formula is C7H6F3NO2. The zero-order chi connectivity index (χ0) is 9.90. The van der Waals surface area contributed by atoms with Gasteiger partial charge in [0.2, 0.25) is 0 Å². The maximum atomic E-state index is 11.6. The van der Waals surface area contributed by atoms with Gasteiger partial charge in [-0.3, -0.25) is 0 Å². The second-order valence-electron chi connectivity index (χ2n) is 2.28. The lowest BCUT2D eigenvalue weighted by molar-refractivity contribution is -0.303. The molecule has 0 aromatic heterocycles. The van der Waals surface area contributed by atoms with E-state index in [2.05, 4.69) is 10.1 Å². The van der Waals surface area contributed by atoms with Crippen LogP contribution in [0.3, 0.4) is 0 Å². The fraction of sp³-hybridized carbons (Fsp3) is 0.286. The number of esters is 1. The fourth-order valence-corrected chi connectivity index (χ4v) is 0.774. The van der Waals surface area contributed by atoms with Gasteiger partial charge >= 0.3 is 12.3 Å². The number of ether oxygens (including phenoxy) is 1. The van der Waals surface area contributed by atoms with E-state index in [4.69, 9.17) is 0 Å². The number of carbonyl (C=O) groups is 1.